The fourth-order valence-electron chi connectivity index (χ4n) is 0.440. The van der Waals surface area contributed by atoms with E-state index in [0.717, 1.165) is 17.6 Å². The van der Waals surface area contributed by atoms with Gasteiger partial charge in [-0.05, 0) is 6.92 Å². The SMILES string of the molecule is [CH2]COCC[N+](C)(C)C.[Cl-]. The van der Waals surface area contributed by atoms with E-state index in [1.165, 1.54) is 0 Å². The second-order valence-corrected chi connectivity index (χ2v) is 3.13. The summed E-state index contributed by atoms with van der Waals surface area (Å²) in [5.41, 5.74) is 0. The Bertz CT molecular complexity index is 70.5. The molecule has 0 aromatic heterocycles. The fourth-order valence-corrected chi connectivity index (χ4v) is 0.440. The van der Waals surface area contributed by atoms with Gasteiger partial charge in [0.05, 0.1) is 27.7 Å². The highest BCUT2D eigenvalue weighted by Gasteiger charge is 2.04. The highest BCUT2D eigenvalue weighted by atomic mass is 35.5. The van der Waals surface area contributed by atoms with Crippen molar-refractivity contribution in [3.63, 3.8) is 0 Å². The van der Waals surface area contributed by atoms with Crippen LogP contribution in [-0.4, -0.2) is 45.4 Å². The van der Waals surface area contributed by atoms with E-state index in [2.05, 4.69) is 28.1 Å². The minimum Gasteiger partial charge on any atom is -1.00 e. The van der Waals surface area contributed by atoms with E-state index >= 15 is 0 Å². The van der Waals surface area contributed by atoms with E-state index in [0.29, 0.717) is 6.61 Å². The van der Waals surface area contributed by atoms with E-state index in [-0.39, 0.29) is 12.4 Å². The average molecular weight is 167 g/mol. The lowest BCUT2D eigenvalue weighted by Crippen LogP contribution is -3.00. The first-order valence-corrected chi connectivity index (χ1v) is 3.24. The molecule has 0 fully saturated rings. The number of hydrogen-bond acceptors (Lipinski definition) is 1. The maximum atomic E-state index is 5.08. The molecule has 0 aliphatic rings. The molecule has 0 aliphatic heterocycles. The van der Waals surface area contributed by atoms with Crippen molar-refractivity contribution in [2.75, 3.05) is 40.9 Å². The smallest absolute Gasteiger partial charge is 0.102 e. The summed E-state index contributed by atoms with van der Waals surface area (Å²) >= 11 is 0. The van der Waals surface area contributed by atoms with Crippen molar-refractivity contribution in [2.45, 2.75) is 0 Å². The van der Waals surface area contributed by atoms with Crippen molar-refractivity contribution in [1.82, 2.24) is 0 Å². The summed E-state index contributed by atoms with van der Waals surface area (Å²) < 4.78 is 6.04. The molecule has 0 spiro atoms. The number of halogens is 1. The van der Waals surface area contributed by atoms with E-state index in [1.54, 1.807) is 0 Å². The van der Waals surface area contributed by atoms with Gasteiger partial charge in [-0.1, -0.05) is 0 Å². The fraction of sp³-hybridized carbons (Fsp3) is 0.857. The molecule has 1 radical (unpaired) electrons. The quantitative estimate of drug-likeness (QED) is 0.333. The third-order valence-electron chi connectivity index (χ3n) is 1.05. The molecule has 0 saturated heterocycles. The third kappa shape index (κ3) is 11.1. The van der Waals surface area contributed by atoms with Crippen LogP contribution in [0, 0.1) is 6.92 Å². The van der Waals surface area contributed by atoms with Crippen LogP contribution in [0.1, 0.15) is 0 Å². The highest BCUT2D eigenvalue weighted by molar-refractivity contribution is 4.31. The third-order valence-corrected chi connectivity index (χ3v) is 1.05. The number of likely N-dealkylation sites (N-methyl/N-ethyl adjacent to an activating group) is 1. The van der Waals surface area contributed by atoms with Crippen LogP contribution < -0.4 is 12.4 Å². The first-order valence-electron chi connectivity index (χ1n) is 3.24. The van der Waals surface area contributed by atoms with Gasteiger partial charge in [-0.2, -0.15) is 0 Å². The second kappa shape index (κ2) is 5.96. The Kier molecular flexibility index (Phi) is 7.65. The Hall–Kier alpha value is 0.210. The van der Waals surface area contributed by atoms with Gasteiger partial charge in [0.25, 0.3) is 0 Å². The predicted octanol–water partition coefficient (Wildman–Crippen LogP) is -2.45. The van der Waals surface area contributed by atoms with Gasteiger partial charge in [0.15, 0.2) is 0 Å². The summed E-state index contributed by atoms with van der Waals surface area (Å²) in [5, 5.41) is 0. The molecule has 2 nitrogen and oxygen atoms in total. The highest BCUT2D eigenvalue weighted by Crippen LogP contribution is 1.88. The topological polar surface area (TPSA) is 9.23 Å². The van der Waals surface area contributed by atoms with E-state index in [1.807, 2.05) is 0 Å². The molecular formula is C7H17ClNO. The predicted molar refractivity (Wildman–Crippen MR) is 39.1 cm³/mol. The van der Waals surface area contributed by atoms with Crippen molar-refractivity contribution >= 4 is 0 Å². The summed E-state index contributed by atoms with van der Waals surface area (Å²) in [4.78, 5) is 0. The van der Waals surface area contributed by atoms with Gasteiger partial charge < -0.3 is 21.6 Å². The van der Waals surface area contributed by atoms with Crippen LogP contribution in [0.3, 0.4) is 0 Å². The number of quaternary nitrogens is 1. The largest absolute Gasteiger partial charge is 1.00 e. The van der Waals surface area contributed by atoms with Crippen LogP contribution in [0.4, 0.5) is 0 Å². The zero-order valence-corrected chi connectivity index (χ0v) is 7.82. The maximum Gasteiger partial charge on any atom is 0.102 e. The summed E-state index contributed by atoms with van der Waals surface area (Å²) in [5.74, 6) is 0. The van der Waals surface area contributed by atoms with Crippen LogP contribution in [0.15, 0.2) is 0 Å². The second-order valence-electron chi connectivity index (χ2n) is 3.13. The Balaban J connectivity index is 0. The van der Waals surface area contributed by atoms with Gasteiger partial charge >= 0.3 is 0 Å². The van der Waals surface area contributed by atoms with Crippen molar-refractivity contribution < 1.29 is 21.6 Å². The number of ether oxygens (including phenoxy) is 1. The monoisotopic (exact) mass is 166 g/mol. The van der Waals surface area contributed by atoms with Crippen molar-refractivity contribution in [1.29, 1.82) is 0 Å². The van der Waals surface area contributed by atoms with Crippen molar-refractivity contribution in [2.24, 2.45) is 0 Å². The number of nitrogens with zero attached hydrogens (tertiary/aromatic N) is 1. The molecule has 10 heavy (non-hydrogen) atoms. The Labute approximate surface area is 70.2 Å². The van der Waals surface area contributed by atoms with Gasteiger partial charge in [-0.15, -0.1) is 0 Å². The summed E-state index contributed by atoms with van der Waals surface area (Å²) in [6.07, 6.45) is 0. The molecule has 0 N–H and O–H groups in total. The first-order chi connectivity index (χ1) is 4.06. The van der Waals surface area contributed by atoms with Crippen LogP contribution in [0.25, 0.3) is 0 Å². The van der Waals surface area contributed by atoms with Gasteiger partial charge in [0.1, 0.15) is 6.54 Å². The molecule has 0 rings (SSSR count). The summed E-state index contributed by atoms with van der Waals surface area (Å²) in [7, 11) is 6.44. The van der Waals surface area contributed by atoms with Crippen LogP contribution in [-0.2, 0) is 4.74 Å². The van der Waals surface area contributed by atoms with Gasteiger partial charge in [0, 0.05) is 6.61 Å². The molecule has 63 valence electrons. The molecule has 0 unspecified atom stereocenters. The van der Waals surface area contributed by atoms with Crippen LogP contribution >= 0.6 is 0 Å². The standard InChI is InChI=1S/C7H17NO.ClH/c1-5-9-7-6-8(2,3)4;/h1,5-7H2,2-4H3;1H/q+1;/p-1. The number of rotatable bonds is 4. The molecule has 0 bridgehead atoms. The summed E-state index contributed by atoms with van der Waals surface area (Å²) in [6, 6.07) is 0. The Morgan fingerprint density at radius 2 is 1.80 bits per heavy atom. The van der Waals surface area contributed by atoms with E-state index in [4.69, 9.17) is 4.74 Å². The average Bonchev–Trinajstić information content (AvgIpc) is 1.63. The molecule has 0 saturated carbocycles. The van der Waals surface area contributed by atoms with Crippen LogP contribution in [0.2, 0.25) is 0 Å². The minimum absolute atomic E-state index is 0. The molecule has 0 aliphatic carbocycles. The molecule has 0 aromatic rings. The van der Waals surface area contributed by atoms with Gasteiger partial charge in [0.2, 0.25) is 0 Å². The van der Waals surface area contributed by atoms with Crippen molar-refractivity contribution in [3.05, 3.63) is 6.92 Å². The molecule has 0 aromatic carbocycles. The van der Waals surface area contributed by atoms with E-state index in [9.17, 15) is 0 Å². The normalized spacial score (nSPS) is 10.8. The lowest BCUT2D eigenvalue weighted by Gasteiger charge is -2.23. The van der Waals surface area contributed by atoms with E-state index < -0.39 is 0 Å². The lowest BCUT2D eigenvalue weighted by atomic mass is 10.5. The zero-order chi connectivity index (χ0) is 7.33. The molecule has 0 atom stereocenters. The molecular weight excluding hydrogens is 150 g/mol. The lowest BCUT2D eigenvalue weighted by molar-refractivity contribution is -0.870. The summed E-state index contributed by atoms with van der Waals surface area (Å²) in [6.45, 7) is 6.02. The number of hydrogen-bond donors (Lipinski definition) is 0. The molecule has 3 heteroatoms. The molecule has 0 amide bonds. The van der Waals surface area contributed by atoms with Gasteiger partial charge in [-0.25, -0.2) is 0 Å². The maximum absolute atomic E-state index is 5.08. The molecule has 0 heterocycles. The minimum atomic E-state index is 0. The van der Waals surface area contributed by atoms with Crippen molar-refractivity contribution in [3.8, 4) is 0 Å². The first kappa shape index (κ1) is 12.8. The van der Waals surface area contributed by atoms with Gasteiger partial charge in [-0.3, -0.25) is 0 Å². The zero-order valence-electron chi connectivity index (χ0n) is 7.06. The Morgan fingerprint density at radius 3 is 2.10 bits per heavy atom. The van der Waals surface area contributed by atoms with Crippen LogP contribution in [0.5, 0.6) is 0 Å². The Morgan fingerprint density at radius 1 is 1.30 bits per heavy atom.